The smallest absolute Gasteiger partial charge is 0.306 e. The molecular formula is C18H16FN5O2. The Morgan fingerprint density at radius 3 is 2.58 bits per heavy atom. The Morgan fingerprint density at radius 2 is 1.88 bits per heavy atom. The van der Waals surface area contributed by atoms with Gasteiger partial charge in [0.1, 0.15) is 5.82 Å². The maximum Gasteiger partial charge on any atom is 0.306 e. The topological polar surface area (TPSA) is 93.0 Å². The third kappa shape index (κ3) is 3.92. The summed E-state index contributed by atoms with van der Waals surface area (Å²) >= 11 is 0. The third-order valence-electron chi connectivity index (χ3n) is 3.55. The van der Waals surface area contributed by atoms with Crippen LogP contribution < -0.4 is 10.6 Å². The van der Waals surface area contributed by atoms with Crippen LogP contribution in [0.1, 0.15) is 6.92 Å². The molecule has 0 aliphatic rings. The summed E-state index contributed by atoms with van der Waals surface area (Å²) in [5.74, 6) is -0.0229. The molecule has 0 radical (unpaired) electrons. The van der Waals surface area contributed by atoms with Crippen molar-refractivity contribution in [3.63, 3.8) is 0 Å². The van der Waals surface area contributed by atoms with E-state index < -0.39 is 16.4 Å². The van der Waals surface area contributed by atoms with Crippen LogP contribution in [0, 0.1) is 15.9 Å². The van der Waals surface area contributed by atoms with Crippen LogP contribution in [0.3, 0.4) is 0 Å². The average Bonchev–Trinajstić information content (AvgIpc) is 2.64. The summed E-state index contributed by atoms with van der Waals surface area (Å²) in [4.78, 5) is 19.0. The van der Waals surface area contributed by atoms with Crippen molar-refractivity contribution in [3.8, 4) is 11.3 Å². The molecule has 0 saturated heterocycles. The standard InChI is InChI=1S/C18H16FN5O2/c1-2-20-18-22-15(12-6-4-3-5-7-12)11-17(23-18)21-13-8-9-14(19)16(10-13)24(25)26/h3-11H,2H2,1H3,(H2,20,21,22,23). The molecule has 0 aliphatic carbocycles. The van der Waals surface area contributed by atoms with Gasteiger partial charge in [-0.3, -0.25) is 10.1 Å². The van der Waals surface area contributed by atoms with Crippen LogP contribution in [0.4, 0.5) is 27.5 Å². The summed E-state index contributed by atoms with van der Waals surface area (Å²) in [6.45, 7) is 2.56. The van der Waals surface area contributed by atoms with Gasteiger partial charge in [0.05, 0.1) is 10.6 Å². The minimum atomic E-state index is -0.887. The number of nitrogens with one attached hydrogen (secondary N) is 2. The Bertz CT molecular complexity index is 934. The van der Waals surface area contributed by atoms with E-state index in [-0.39, 0.29) is 0 Å². The highest BCUT2D eigenvalue weighted by atomic mass is 19.1. The number of hydrogen-bond donors (Lipinski definition) is 2. The van der Waals surface area contributed by atoms with E-state index in [4.69, 9.17) is 0 Å². The lowest BCUT2D eigenvalue weighted by atomic mass is 10.1. The molecule has 8 heteroatoms. The SMILES string of the molecule is CCNc1nc(Nc2ccc(F)c([N+](=O)[O-])c2)cc(-c2ccccc2)n1. The van der Waals surface area contributed by atoms with Gasteiger partial charge in [0, 0.05) is 29.9 Å². The Labute approximate surface area is 149 Å². The molecule has 1 heterocycles. The van der Waals surface area contributed by atoms with Crippen LogP contribution >= 0.6 is 0 Å². The summed E-state index contributed by atoms with van der Waals surface area (Å²) in [5.41, 5.74) is 1.36. The lowest BCUT2D eigenvalue weighted by Crippen LogP contribution is -2.05. The Kier molecular flexibility index (Phi) is 5.02. The number of aromatic nitrogens is 2. The molecule has 0 unspecified atom stereocenters. The van der Waals surface area contributed by atoms with Crippen LogP contribution in [-0.2, 0) is 0 Å². The second-order valence-corrected chi connectivity index (χ2v) is 5.41. The predicted molar refractivity (Wildman–Crippen MR) is 98.0 cm³/mol. The van der Waals surface area contributed by atoms with Crippen molar-refractivity contribution in [2.24, 2.45) is 0 Å². The van der Waals surface area contributed by atoms with E-state index in [0.29, 0.717) is 29.7 Å². The monoisotopic (exact) mass is 353 g/mol. The van der Waals surface area contributed by atoms with Crippen molar-refractivity contribution < 1.29 is 9.31 Å². The van der Waals surface area contributed by atoms with Crippen LogP contribution in [0.2, 0.25) is 0 Å². The first-order chi connectivity index (χ1) is 12.6. The summed E-state index contributed by atoms with van der Waals surface area (Å²) in [5, 5.41) is 16.9. The van der Waals surface area contributed by atoms with Crippen molar-refractivity contribution in [3.05, 3.63) is 70.5 Å². The lowest BCUT2D eigenvalue weighted by molar-refractivity contribution is -0.387. The van der Waals surface area contributed by atoms with E-state index in [1.807, 2.05) is 37.3 Å². The van der Waals surface area contributed by atoms with Crippen LogP contribution in [0.15, 0.2) is 54.6 Å². The maximum absolute atomic E-state index is 13.5. The fourth-order valence-corrected chi connectivity index (χ4v) is 2.38. The Balaban J connectivity index is 1.98. The molecule has 2 N–H and O–H groups in total. The summed E-state index contributed by atoms with van der Waals surface area (Å²) in [7, 11) is 0. The molecule has 0 bridgehead atoms. The van der Waals surface area contributed by atoms with E-state index in [1.54, 1.807) is 6.07 Å². The minimum Gasteiger partial charge on any atom is -0.354 e. The second kappa shape index (κ2) is 7.56. The molecule has 0 fully saturated rings. The zero-order valence-electron chi connectivity index (χ0n) is 13.9. The number of anilines is 3. The molecule has 0 aliphatic heterocycles. The van der Waals surface area contributed by atoms with Crippen molar-refractivity contribution in [2.45, 2.75) is 6.92 Å². The fourth-order valence-electron chi connectivity index (χ4n) is 2.38. The van der Waals surface area contributed by atoms with Crippen molar-refractivity contribution in [2.75, 3.05) is 17.2 Å². The van der Waals surface area contributed by atoms with Gasteiger partial charge >= 0.3 is 5.69 Å². The minimum absolute atomic E-state index is 0.360. The summed E-state index contributed by atoms with van der Waals surface area (Å²) in [6.07, 6.45) is 0. The van der Waals surface area contributed by atoms with Gasteiger partial charge < -0.3 is 10.6 Å². The molecule has 26 heavy (non-hydrogen) atoms. The number of nitrogens with zero attached hydrogens (tertiary/aromatic N) is 3. The highest BCUT2D eigenvalue weighted by molar-refractivity contribution is 5.68. The number of nitro benzene ring substituents is 1. The molecule has 0 saturated carbocycles. The number of hydrogen-bond acceptors (Lipinski definition) is 6. The summed E-state index contributed by atoms with van der Waals surface area (Å²) in [6, 6.07) is 14.9. The van der Waals surface area contributed by atoms with Gasteiger partial charge in [-0.15, -0.1) is 0 Å². The molecule has 0 spiro atoms. The maximum atomic E-state index is 13.5. The molecule has 132 valence electrons. The molecule has 3 rings (SSSR count). The summed E-state index contributed by atoms with van der Waals surface area (Å²) < 4.78 is 13.5. The van der Waals surface area contributed by atoms with Gasteiger partial charge in [-0.2, -0.15) is 9.37 Å². The zero-order chi connectivity index (χ0) is 18.5. The molecule has 7 nitrogen and oxygen atoms in total. The molecule has 2 aromatic carbocycles. The van der Waals surface area contributed by atoms with Gasteiger partial charge in [-0.1, -0.05) is 30.3 Å². The van der Waals surface area contributed by atoms with Crippen molar-refractivity contribution >= 4 is 23.1 Å². The third-order valence-corrected chi connectivity index (χ3v) is 3.55. The Hall–Kier alpha value is -3.55. The van der Waals surface area contributed by atoms with E-state index in [1.165, 1.54) is 6.07 Å². The highest BCUT2D eigenvalue weighted by Crippen LogP contribution is 2.26. The van der Waals surface area contributed by atoms with E-state index in [0.717, 1.165) is 17.7 Å². The lowest BCUT2D eigenvalue weighted by Gasteiger charge is -2.11. The first-order valence-electron chi connectivity index (χ1n) is 7.96. The molecule has 0 amide bonds. The molecule has 0 atom stereocenters. The molecule has 1 aromatic heterocycles. The van der Waals surface area contributed by atoms with Crippen LogP contribution in [0.25, 0.3) is 11.3 Å². The number of halogens is 1. The van der Waals surface area contributed by atoms with Crippen molar-refractivity contribution in [1.82, 2.24) is 9.97 Å². The normalized spacial score (nSPS) is 10.4. The van der Waals surface area contributed by atoms with E-state index >= 15 is 0 Å². The number of nitro groups is 1. The predicted octanol–water partition coefficient (Wildman–Crippen LogP) is 4.37. The van der Waals surface area contributed by atoms with Crippen LogP contribution in [-0.4, -0.2) is 21.4 Å². The van der Waals surface area contributed by atoms with Gasteiger partial charge in [0.25, 0.3) is 0 Å². The van der Waals surface area contributed by atoms with Gasteiger partial charge in [0.2, 0.25) is 11.8 Å². The number of rotatable bonds is 6. The van der Waals surface area contributed by atoms with E-state index in [2.05, 4.69) is 20.6 Å². The fraction of sp³-hybridized carbons (Fsp3) is 0.111. The first kappa shape index (κ1) is 17.3. The average molecular weight is 353 g/mol. The highest BCUT2D eigenvalue weighted by Gasteiger charge is 2.15. The van der Waals surface area contributed by atoms with E-state index in [9.17, 15) is 14.5 Å². The second-order valence-electron chi connectivity index (χ2n) is 5.41. The van der Waals surface area contributed by atoms with Crippen molar-refractivity contribution in [1.29, 1.82) is 0 Å². The zero-order valence-corrected chi connectivity index (χ0v) is 13.9. The number of benzene rings is 2. The van der Waals surface area contributed by atoms with Gasteiger partial charge in [-0.05, 0) is 19.1 Å². The molecular weight excluding hydrogens is 337 g/mol. The first-order valence-corrected chi connectivity index (χ1v) is 7.96. The molecule has 3 aromatic rings. The Morgan fingerprint density at radius 1 is 1.12 bits per heavy atom. The largest absolute Gasteiger partial charge is 0.354 e. The van der Waals surface area contributed by atoms with Gasteiger partial charge in [-0.25, -0.2) is 4.98 Å². The quantitative estimate of drug-likeness (QED) is 0.505. The van der Waals surface area contributed by atoms with Gasteiger partial charge in [0.15, 0.2) is 0 Å². The van der Waals surface area contributed by atoms with Crippen LogP contribution in [0.5, 0.6) is 0 Å².